The number of hydrogen-bond acceptors (Lipinski definition) is 2. The molecule has 13 heavy (non-hydrogen) atoms. The second-order valence-electron chi connectivity index (χ2n) is 2.33. The van der Waals surface area contributed by atoms with Gasteiger partial charge >= 0.3 is 0 Å². The van der Waals surface area contributed by atoms with Gasteiger partial charge in [-0.15, -0.1) is 11.6 Å². The van der Waals surface area contributed by atoms with Gasteiger partial charge in [-0.2, -0.15) is 0 Å². The smallest absolute Gasteiger partial charge is 0.267 e. The van der Waals surface area contributed by atoms with Crippen LogP contribution in [-0.4, -0.2) is 4.98 Å². The first-order chi connectivity index (χ1) is 6.07. The zero-order chi connectivity index (χ0) is 10.0. The number of aromatic nitrogens is 1. The predicted molar refractivity (Wildman–Crippen MR) is 43.1 cm³/mol. The Balaban J connectivity index is 3.32. The van der Waals surface area contributed by atoms with Crippen molar-refractivity contribution in [2.45, 2.75) is 12.3 Å². The Hall–Kier alpha value is -0.970. The molecular weight excluding hydrogens is 205 g/mol. The number of nitrogen functional groups attached to an aromatic ring is 1. The van der Waals surface area contributed by atoms with Crippen LogP contribution in [0.15, 0.2) is 6.20 Å². The second-order valence-corrected chi connectivity index (χ2v) is 2.60. The Kier molecular flexibility index (Phi) is 2.98. The molecule has 1 heterocycles. The van der Waals surface area contributed by atoms with Crippen LogP contribution in [0.3, 0.4) is 0 Å². The van der Waals surface area contributed by atoms with Crippen LogP contribution in [0.4, 0.5) is 19.0 Å². The van der Waals surface area contributed by atoms with Crippen molar-refractivity contribution in [3.63, 3.8) is 0 Å². The summed E-state index contributed by atoms with van der Waals surface area (Å²) >= 11 is 5.32. The minimum Gasteiger partial charge on any atom is -0.381 e. The van der Waals surface area contributed by atoms with Gasteiger partial charge in [0.2, 0.25) is 0 Å². The van der Waals surface area contributed by atoms with E-state index in [0.717, 1.165) is 6.20 Å². The fourth-order valence-corrected chi connectivity index (χ4v) is 1.11. The molecule has 0 saturated heterocycles. The first-order valence-electron chi connectivity index (χ1n) is 3.34. The van der Waals surface area contributed by atoms with Crippen molar-refractivity contribution in [2.24, 2.45) is 0 Å². The topological polar surface area (TPSA) is 38.9 Å². The molecule has 0 spiro atoms. The average Bonchev–Trinajstić information content (AvgIpc) is 2.08. The van der Waals surface area contributed by atoms with Crippen molar-refractivity contribution in [2.75, 3.05) is 5.73 Å². The molecule has 0 bridgehead atoms. The molecule has 2 N–H and O–H groups in total. The van der Waals surface area contributed by atoms with Gasteiger partial charge in [0.25, 0.3) is 6.43 Å². The van der Waals surface area contributed by atoms with E-state index in [2.05, 4.69) is 4.98 Å². The van der Waals surface area contributed by atoms with Crippen molar-refractivity contribution in [1.82, 2.24) is 4.98 Å². The molecule has 1 aromatic heterocycles. The largest absolute Gasteiger partial charge is 0.381 e. The van der Waals surface area contributed by atoms with E-state index in [0.29, 0.717) is 0 Å². The fraction of sp³-hybridized carbons (Fsp3) is 0.286. The van der Waals surface area contributed by atoms with Crippen molar-refractivity contribution in [3.05, 3.63) is 23.1 Å². The first-order valence-corrected chi connectivity index (χ1v) is 3.88. The van der Waals surface area contributed by atoms with Crippen LogP contribution in [0.2, 0.25) is 0 Å². The number of alkyl halides is 3. The van der Waals surface area contributed by atoms with Gasteiger partial charge < -0.3 is 5.73 Å². The third-order valence-corrected chi connectivity index (χ3v) is 1.82. The van der Waals surface area contributed by atoms with E-state index in [-0.39, 0.29) is 11.4 Å². The summed E-state index contributed by atoms with van der Waals surface area (Å²) in [6.07, 6.45) is -1.88. The van der Waals surface area contributed by atoms with Gasteiger partial charge in [-0.25, -0.2) is 18.2 Å². The highest BCUT2D eigenvalue weighted by molar-refractivity contribution is 6.17. The third-order valence-electron chi connectivity index (χ3n) is 1.53. The summed E-state index contributed by atoms with van der Waals surface area (Å²) in [5.74, 6) is -1.94. The molecule has 0 atom stereocenters. The molecule has 0 aliphatic carbocycles. The van der Waals surface area contributed by atoms with Gasteiger partial charge in [0.15, 0.2) is 11.6 Å². The van der Waals surface area contributed by atoms with Gasteiger partial charge in [-0.1, -0.05) is 0 Å². The minimum atomic E-state index is -2.93. The maximum absolute atomic E-state index is 13.0. The Morgan fingerprint density at radius 1 is 1.54 bits per heavy atom. The lowest BCUT2D eigenvalue weighted by Crippen LogP contribution is -2.04. The summed E-state index contributed by atoms with van der Waals surface area (Å²) in [6.45, 7) is 0. The van der Waals surface area contributed by atoms with Crippen molar-refractivity contribution in [1.29, 1.82) is 0 Å². The average molecular weight is 211 g/mol. The van der Waals surface area contributed by atoms with Crippen molar-refractivity contribution < 1.29 is 13.2 Å². The lowest BCUT2D eigenvalue weighted by molar-refractivity contribution is 0.145. The fourth-order valence-electron chi connectivity index (χ4n) is 0.895. The van der Waals surface area contributed by atoms with Crippen LogP contribution in [0.5, 0.6) is 0 Å². The molecule has 0 aromatic carbocycles. The molecule has 2 nitrogen and oxygen atoms in total. The molecule has 0 aliphatic rings. The van der Waals surface area contributed by atoms with E-state index in [4.69, 9.17) is 17.3 Å². The lowest BCUT2D eigenvalue weighted by atomic mass is 10.1. The summed E-state index contributed by atoms with van der Waals surface area (Å²) in [5.41, 5.74) is 4.22. The number of rotatable bonds is 2. The molecule has 6 heteroatoms. The predicted octanol–water partition coefficient (Wildman–Crippen LogP) is 2.48. The highest BCUT2D eigenvalue weighted by atomic mass is 35.5. The number of nitrogens with two attached hydrogens (primary N) is 1. The summed E-state index contributed by atoms with van der Waals surface area (Å²) in [6, 6.07) is 0. The van der Waals surface area contributed by atoms with Gasteiger partial charge in [0.1, 0.15) is 0 Å². The van der Waals surface area contributed by atoms with Crippen LogP contribution in [0.25, 0.3) is 0 Å². The van der Waals surface area contributed by atoms with Crippen molar-refractivity contribution in [3.8, 4) is 0 Å². The number of anilines is 1. The molecule has 1 aromatic rings. The SMILES string of the molecule is Nc1ncc(CCl)c(C(F)F)c1F. The van der Waals surface area contributed by atoms with Crippen molar-refractivity contribution >= 4 is 17.4 Å². The Morgan fingerprint density at radius 3 is 2.62 bits per heavy atom. The highest BCUT2D eigenvalue weighted by Gasteiger charge is 2.20. The molecule has 0 aliphatic heterocycles. The summed E-state index contributed by atoms with van der Waals surface area (Å²) in [7, 11) is 0. The van der Waals surface area contributed by atoms with Crippen LogP contribution in [0.1, 0.15) is 17.6 Å². The highest BCUT2D eigenvalue weighted by Crippen LogP contribution is 2.28. The molecule has 0 unspecified atom stereocenters. The molecule has 0 radical (unpaired) electrons. The summed E-state index contributed by atoms with van der Waals surface area (Å²) in [5, 5.41) is 0. The number of pyridine rings is 1. The monoisotopic (exact) mass is 210 g/mol. The number of halogens is 4. The van der Waals surface area contributed by atoms with Crippen LogP contribution >= 0.6 is 11.6 Å². The van der Waals surface area contributed by atoms with E-state index < -0.39 is 23.6 Å². The zero-order valence-corrected chi connectivity index (χ0v) is 7.15. The second kappa shape index (κ2) is 3.83. The zero-order valence-electron chi connectivity index (χ0n) is 6.40. The normalized spacial score (nSPS) is 10.8. The first kappa shape index (κ1) is 10.1. The van der Waals surface area contributed by atoms with E-state index in [1.165, 1.54) is 0 Å². The van der Waals surface area contributed by atoms with Gasteiger partial charge in [0.05, 0.1) is 5.56 Å². The van der Waals surface area contributed by atoms with E-state index in [9.17, 15) is 13.2 Å². The van der Waals surface area contributed by atoms with Crippen LogP contribution < -0.4 is 5.73 Å². The molecule has 1 rings (SSSR count). The molecular formula is C7H6ClF3N2. The maximum Gasteiger partial charge on any atom is 0.267 e. The Labute approximate surface area is 77.5 Å². The summed E-state index contributed by atoms with van der Waals surface area (Å²) < 4.78 is 37.5. The molecule has 72 valence electrons. The number of nitrogens with zero attached hydrogens (tertiary/aromatic N) is 1. The third kappa shape index (κ3) is 1.85. The maximum atomic E-state index is 13.0. The lowest BCUT2D eigenvalue weighted by Gasteiger charge is -2.07. The molecule has 0 saturated carbocycles. The molecule has 0 fully saturated rings. The van der Waals surface area contributed by atoms with E-state index in [1.54, 1.807) is 0 Å². The van der Waals surface area contributed by atoms with E-state index in [1.807, 2.05) is 0 Å². The summed E-state index contributed by atoms with van der Waals surface area (Å²) in [4.78, 5) is 3.38. The van der Waals surface area contributed by atoms with Gasteiger partial charge in [-0.3, -0.25) is 0 Å². The van der Waals surface area contributed by atoms with Crippen LogP contribution in [-0.2, 0) is 5.88 Å². The van der Waals surface area contributed by atoms with E-state index >= 15 is 0 Å². The molecule has 0 amide bonds. The number of hydrogen-bond donors (Lipinski definition) is 1. The standard InChI is InChI=1S/C7H6ClF3N2/c8-1-3-2-13-7(12)5(9)4(3)6(10)11/h2,6H,1H2,(H2,12,13). The quantitative estimate of drug-likeness (QED) is 0.762. The van der Waals surface area contributed by atoms with Gasteiger partial charge in [-0.05, 0) is 5.56 Å². The van der Waals surface area contributed by atoms with Gasteiger partial charge in [0, 0.05) is 12.1 Å². The minimum absolute atomic E-state index is 0.0385. The van der Waals surface area contributed by atoms with Crippen LogP contribution in [0, 0.1) is 5.82 Å². The Bertz CT molecular complexity index is 317. The Morgan fingerprint density at radius 2 is 2.15 bits per heavy atom.